The zero-order valence-corrected chi connectivity index (χ0v) is 9.29. The van der Waals surface area contributed by atoms with Crippen LogP contribution in [0.25, 0.3) is 0 Å². The van der Waals surface area contributed by atoms with Gasteiger partial charge in [-0.3, -0.25) is 4.90 Å². The van der Waals surface area contributed by atoms with Crippen LogP contribution in [0.15, 0.2) is 16.5 Å². The first-order chi connectivity index (χ1) is 6.67. The molecule has 0 saturated heterocycles. The number of rotatable bonds is 5. The summed E-state index contributed by atoms with van der Waals surface area (Å²) in [5.41, 5.74) is 5.67. The Hall–Kier alpha value is -0.800. The highest BCUT2D eigenvalue weighted by atomic mass is 16.3. The highest BCUT2D eigenvalue weighted by Crippen LogP contribution is 2.11. The van der Waals surface area contributed by atoms with E-state index in [1.807, 2.05) is 19.1 Å². The van der Waals surface area contributed by atoms with E-state index in [2.05, 4.69) is 18.9 Å². The summed E-state index contributed by atoms with van der Waals surface area (Å²) in [6, 6.07) is 4.46. The van der Waals surface area contributed by atoms with Gasteiger partial charge in [-0.25, -0.2) is 0 Å². The van der Waals surface area contributed by atoms with Crippen molar-refractivity contribution in [1.82, 2.24) is 4.90 Å². The summed E-state index contributed by atoms with van der Waals surface area (Å²) in [6.07, 6.45) is 1.08. The Labute approximate surface area is 85.9 Å². The van der Waals surface area contributed by atoms with E-state index in [4.69, 9.17) is 10.2 Å². The molecule has 3 nitrogen and oxygen atoms in total. The van der Waals surface area contributed by atoms with E-state index in [0.29, 0.717) is 12.6 Å². The molecule has 0 aromatic carbocycles. The second kappa shape index (κ2) is 5.17. The normalized spacial score (nSPS) is 13.5. The second-order valence-electron chi connectivity index (χ2n) is 3.73. The van der Waals surface area contributed by atoms with Gasteiger partial charge in [0.1, 0.15) is 11.5 Å². The monoisotopic (exact) mass is 196 g/mol. The quantitative estimate of drug-likeness (QED) is 0.780. The maximum atomic E-state index is 5.67. The highest BCUT2D eigenvalue weighted by molar-refractivity contribution is 5.05. The molecular formula is C11H20N2O. The van der Waals surface area contributed by atoms with Gasteiger partial charge in [-0.1, -0.05) is 6.92 Å². The summed E-state index contributed by atoms with van der Waals surface area (Å²) < 4.78 is 5.51. The second-order valence-corrected chi connectivity index (χ2v) is 3.73. The third-order valence-corrected chi connectivity index (χ3v) is 2.57. The van der Waals surface area contributed by atoms with Gasteiger partial charge in [-0.05, 0) is 32.5 Å². The molecule has 0 spiro atoms. The van der Waals surface area contributed by atoms with E-state index in [9.17, 15) is 0 Å². The molecule has 80 valence electrons. The average molecular weight is 196 g/mol. The molecule has 1 atom stereocenters. The van der Waals surface area contributed by atoms with Gasteiger partial charge < -0.3 is 10.2 Å². The van der Waals surface area contributed by atoms with Crippen molar-refractivity contribution in [3.05, 3.63) is 23.7 Å². The summed E-state index contributed by atoms with van der Waals surface area (Å²) in [7, 11) is 2.08. The van der Waals surface area contributed by atoms with Crippen LogP contribution in [0.2, 0.25) is 0 Å². The van der Waals surface area contributed by atoms with E-state index >= 15 is 0 Å². The van der Waals surface area contributed by atoms with Gasteiger partial charge in [0.25, 0.3) is 0 Å². The Kier molecular flexibility index (Phi) is 4.17. The Balaban J connectivity index is 2.51. The Bertz CT molecular complexity index is 266. The molecule has 0 amide bonds. The molecule has 0 bridgehead atoms. The van der Waals surface area contributed by atoms with Gasteiger partial charge in [0, 0.05) is 12.6 Å². The van der Waals surface area contributed by atoms with E-state index in [1.165, 1.54) is 0 Å². The summed E-state index contributed by atoms with van der Waals surface area (Å²) in [6.45, 7) is 5.65. The molecule has 14 heavy (non-hydrogen) atoms. The number of aryl methyl sites for hydroxylation is 1. The molecule has 0 saturated carbocycles. The van der Waals surface area contributed by atoms with Gasteiger partial charge in [-0.2, -0.15) is 0 Å². The molecule has 1 unspecified atom stereocenters. The number of hydrogen-bond donors (Lipinski definition) is 1. The highest BCUT2D eigenvalue weighted by Gasteiger charge is 2.12. The predicted octanol–water partition coefficient (Wildman–Crippen LogP) is 1.76. The number of hydrogen-bond acceptors (Lipinski definition) is 3. The molecular weight excluding hydrogens is 176 g/mol. The molecule has 0 fully saturated rings. The van der Waals surface area contributed by atoms with Gasteiger partial charge in [0.05, 0.1) is 6.54 Å². The van der Waals surface area contributed by atoms with Gasteiger partial charge >= 0.3 is 0 Å². The lowest BCUT2D eigenvalue weighted by Gasteiger charge is -2.24. The van der Waals surface area contributed by atoms with Crippen LogP contribution in [0.5, 0.6) is 0 Å². The molecule has 1 aromatic heterocycles. The first-order valence-electron chi connectivity index (χ1n) is 5.13. The summed E-state index contributed by atoms with van der Waals surface area (Å²) in [5.74, 6) is 1.98. The van der Waals surface area contributed by atoms with E-state index in [0.717, 1.165) is 24.5 Å². The van der Waals surface area contributed by atoms with Crippen molar-refractivity contribution in [3.63, 3.8) is 0 Å². The van der Waals surface area contributed by atoms with Crippen molar-refractivity contribution in [2.75, 3.05) is 13.6 Å². The fourth-order valence-corrected chi connectivity index (χ4v) is 1.60. The Morgan fingerprint density at radius 1 is 1.50 bits per heavy atom. The zero-order chi connectivity index (χ0) is 10.6. The van der Waals surface area contributed by atoms with Crippen LogP contribution < -0.4 is 5.73 Å². The molecule has 3 heteroatoms. The number of nitrogens with zero attached hydrogens (tertiary/aromatic N) is 1. The molecule has 0 aliphatic rings. The molecule has 0 radical (unpaired) electrons. The van der Waals surface area contributed by atoms with E-state index in [-0.39, 0.29) is 0 Å². The van der Waals surface area contributed by atoms with Crippen molar-refractivity contribution in [3.8, 4) is 0 Å². The maximum Gasteiger partial charge on any atom is 0.118 e. The lowest BCUT2D eigenvalue weighted by Crippen LogP contribution is -2.36. The van der Waals surface area contributed by atoms with Crippen molar-refractivity contribution >= 4 is 0 Å². The lowest BCUT2D eigenvalue weighted by molar-refractivity contribution is 0.214. The largest absolute Gasteiger partial charge is 0.465 e. The fraction of sp³-hybridized carbons (Fsp3) is 0.636. The van der Waals surface area contributed by atoms with Crippen molar-refractivity contribution in [1.29, 1.82) is 0 Å². The zero-order valence-electron chi connectivity index (χ0n) is 9.29. The molecule has 1 heterocycles. The molecule has 1 rings (SSSR count). The molecule has 1 aromatic rings. The smallest absolute Gasteiger partial charge is 0.118 e. The topological polar surface area (TPSA) is 42.4 Å². The van der Waals surface area contributed by atoms with Crippen LogP contribution in [-0.4, -0.2) is 24.5 Å². The molecule has 2 N–H and O–H groups in total. The van der Waals surface area contributed by atoms with Crippen molar-refractivity contribution < 1.29 is 4.42 Å². The molecule has 0 aliphatic heterocycles. The third-order valence-electron chi connectivity index (χ3n) is 2.57. The standard InChI is InChI=1S/C11H20N2O/c1-4-10(7-12)13(3)8-11-6-5-9(2)14-11/h5-6,10H,4,7-8,12H2,1-3H3. The third kappa shape index (κ3) is 2.86. The van der Waals surface area contributed by atoms with Gasteiger partial charge in [0.2, 0.25) is 0 Å². The minimum Gasteiger partial charge on any atom is -0.465 e. The van der Waals surface area contributed by atoms with Crippen LogP contribution in [0.1, 0.15) is 24.9 Å². The predicted molar refractivity (Wildman–Crippen MR) is 58.0 cm³/mol. The average Bonchev–Trinajstić information content (AvgIpc) is 2.53. The van der Waals surface area contributed by atoms with Crippen LogP contribution in [-0.2, 0) is 6.54 Å². The van der Waals surface area contributed by atoms with Crippen LogP contribution >= 0.6 is 0 Å². The fourth-order valence-electron chi connectivity index (χ4n) is 1.60. The van der Waals surface area contributed by atoms with Crippen molar-refractivity contribution in [2.45, 2.75) is 32.9 Å². The maximum absolute atomic E-state index is 5.67. The van der Waals surface area contributed by atoms with Crippen LogP contribution in [0.3, 0.4) is 0 Å². The number of likely N-dealkylation sites (N-methyl/N-ethyl adjacent to an activating group) is 1. The number of furan rings is 1. The minimum absolute atomic E-state index is 0.445. The van der Waals surface area contributed by atoms with Gasteiger partial charge in [0.15, 0.2) is 0 Å². The summed E-state index contributed by atoms with van der Waals surface area (Å²) >= 11 is 0. The number of nitrogens with two attached hydrogens (primary N) is 1. The van der Waals surface area contributed by atoms with Gasteiger partial charge in [-0.15, -0.1) is 0 Å². The molecule has 0 aliphatic carbocycles. The SMILES string of the molecule is CCC(CN)N(C)Cc1ccc(C)o1. The van der Waals surface area contributed by atoms with Crippen LogP contribution in [0, 0.1) is 6.92 Å². The first-order valence-corrected chi connectivity index (χ1v) is 5.13. The Morgan fingerprint density at radius 3 is 2.64 bits per heavy atom. The summed E-state index contributed by atoms with van der Waals surface area (Å²) in [5, 5.41) is 0. The lowest BCUT2D eigenvalue weighted by atomic mass is 10.2. The first kappa shape index (κ1) is 11.3. The van der Waals surface area contributed by atoms with E-state index in [1.54, 1.807) is 0 Å². The van der Waals surface area contributed by atoms with E-state index < -0.39 is 0 Å². The van der Waals surface area contributed by atoms with Crippen LogP contribution in [0.4, 0.5) is 0 Å². The van der Waals surface area contributed by atoms with Crippen molar-refractivity contribution in [2.24, 2.45) is 5.73 Å². The summed E-state index contributed by atoms with van der Waals surface area (Å²) in [4.78, 5) is 2.23. The minimum atomic E-state index is 0.445. The Morgan fingerprint density at radius 2 is 2.21 bits per heavy atom.